The molecule has 1 N–H and O–H groups in total. The Balaban J connectivity index is 1.69. The van der Waals surface area contributed by atoms with Crippen LogP contribution in [0, 0.1) is 5.13 Å². The Bertz CT molecular complexity index is 1580. The van der Waals surface area contributed by atoms with Crippen molar-refractivity contribution < 1.29 is 37.0 Å². The number of pyridine rings is 1. The number of aromatic carboxylic acids is 1. The lowest BCUT2D eigenvalue weighted by Gasteiger charge is -2.22. The van der Waals surface area contributed by atoms with E-state index in [0.29, 0.717) is 23.3 Å². The number of amides is 1. The number of anilines is 2. The predicted octanol–water partition coefficient (Wildman–Crippen LogP) is 9.44. The zero-order chi connectivity index (χ0) is 31.7. The summed E-state index contributed by atoms with van der Waals surface area (Å²) in [6, 6.07) is 12.5. The topological polar surface area (TPSA) is 92.6 Å². The van der Waals surface area contributed by atoms with Gasteiger partial charge in [0.15, 0.2) is 0 Å². The van der Waals surface area contributed by atoms with Crippen molar-refractivity contribution in [3.63, 3.8) is 0 Å². The first-order valence-electron chi connectivity index (χ1n) is 14.1. The van der Waals surface area contributed by atoms with Crippen LogP contribution >= 0.6 is 11.3 Å². The number of carbonyl (C=O) groups is 2. The molecule has 0 aliphatic heterocycles. The van der Waals surface area contributed by atoms with Crippen LogP contribution in [-0.2, 0) is 23.9 Å². The van der Waals surface area contributed by atoms with E-state index in [0.717, 1.165) is 43.1 Å². The zero-order valence-corrected chi connectivity index (χ0v) is 24.8. The van der Waals surface area contributed by atoms with Crippen molar-refractivity contribution in [3.05, 3.63) is 94.4 Å². The Morgan fingerprint density at radius 2 is 1.73 bits per heavy atom. The van der Waals surface area contributed by atoms with Gasteiger partial charge >= 0.3 is 18.2 Å². The lowest BCUT2D eigenvalue weighted by atomic mass is 9.99. The molecule has 0 atom stereocenters. The monoisotopic (exact) mass is 629 g/mol. The number of carboxylic acid groups (broad SMARTS) is 1. The number of carbonyl (C=O) groups excluding carboxylic acids is 1. The third kappa shape index (κ3) is 8.19. The van der Waals surface area contributed by atoms with Crippen molar-refractivity contribution >= 4 is 34.2 Å². The van der Waals surface area contributed by atoms with Gasteiger partial charge in [-0.15, -0.1) is 0 Å². The van der Waals surface area contributed by atoms with Crippen LogP contribution in [0.1, 0.15) is 72.5 Å². The standard InChI is InChI=1S/C32H31F4N3O4S/c1-2-3-4-5-6-7-11-21-15-16-24(18-26(21)32(34,35)36)39(30-38-27(28(33)44-30)22-13-10-17-37-19-22)31(42)43-20-23-12-8-9-14-25(23)29(40)41/h8-10,12-19H,2-7,11,20H2,1H3,(H,40,41). The Labute approximate surface area is 256 Å². The highest BCUT2D eigenvalue weighted by atomic mass is 32.1. The molecule has 1 amide bonds. The van der Waals surface area contributed by atoms with Gasteiger partial charge in [-0.2, -0.15) is 17.6 Å². The Kier molecular flexibility index (Phi) is 11.0. The molecule has 0 bridgehead atoms. The summed E-state index contributed by atoms with van der Waals surface area (Å²) >= 11 is 0.455. The Hall–Kier alpha value is -4.32. The molecule has 0 radical (unpaired) electrons. The summed E-state index contributed by atoms with van der Waals surface area (Å²) < 4.78 is 63.3. The summed E-state index contributed by atoms with van der Waals surface area (Å²) in [5.41, 5.74) is -0.829. The van der Waals surface area contributed by atoms with E-state index in [4.69, 9.17) is 4.74 Å². The zero-order valence-electron chi connectivity index (χ0n) is 23.9. The van der Waals surface area contributed by atoms with Crippen LogP contribution in [0.25, 0.3) is 11.3 Å². The number of hydrogen-bond donors (Lipinski definition) is 1. The first kappa shape index (κ1) is 32.6. The minimum atomic E-state index is -4.72. The SMILES string of the molecule is CCCCCCCCc1ccc(N(C(=O)OCc2ccccc2C(=O)O)c2nc(-c3cccnc3)c(F)s2)cc1C(F)(F)F. The maximum atomic E-state index is 15.1. The van der Waals surface area contributed by atoms with Gasteiger partial charge in [-0.3, -0.25) is 4.98 Å². The molecule has 12 heteroatoms. The molecule has 0 saturated carbocycles. The van der Waals surface area contributed by atoms with E-state index in [1.54, 1.807) is 18.2 Å². The largest absolute Gasteiger partial charge is 0.478 e. The van der Waals surface area contributed by atoms with Gasteiger partial charge < -0.3 is 9.84 Å². The van der Waals surface area contributed by atoms with E-state index >= 15 is 4.39 Å². The normalized spacial score (nSPS) is 11.4. The van der Waals surface area contributed by atoms with Gasteiger partial charge in [0.25, 0.3) is 0 Å². The number of alkyl halides is 3. The highest BCUT2D eigenvalue weighted by Gasteiger charge is 2.35. The number of aromatic nitrogens is 2. The fourth-order valence-corrected chi connectivity index (χ4v) is 5.53. The molecule has 2 aromatic carbocycles. The second-order valence-corrected chi connectivity index (χ2v) is 11.0. The average Bonchev–Trinajstić information content (AvgIpc) is 3.39. The van der Waals surface area contributed by atoms with Crippen LogP contribution in [0.2, 0.25) is 0 Å². The maximum absolute atomic E-state index is 15.1. The molecule has 232 valence electrons. The number of rotatable bonds is 13. The number of hydrogen-bond acceptors (Lipinski definition) is 6. The van der Waals surface area contributed by atoms with Gasteiger partial charge in [0.05, 0.1) is 16.8 Å². The molecule has 2 heterocycles. The molecule has 0 aliphatic rings. The van der Waals surface area contributed by atoms with E-state index in [-0.39, 0.29) is 39.6 Å². The molecule has 0 aliphatic carbocycles. The third-order valence-electron chi connectivity index (χ3n) is 6.94. The van der Waals surface area contributed by atoms with Crippen LogP contribution in [0.3, 0.4) is 0 Å². The van der Waals surface area contributed by atoms with Crippen molar-refractivity contribution in [1.82, 2.24) is 9.97 Å². The van der Waals surface area contributed by atoms with Gasteiger partial charge in [0.2, 0.25) is 10.3 Å². The second-order valence-electron chi connectivity index (χ2n) is 10.1. The average molecular weight is 630 g/mol. The summed E-state index contributed by atoms with van der Waals surface area (Å²) in [5, 5.41) is 8.42. The maximum Gasteiger partial charge on any atom is 0.421 e. The number of ether oxygens (including phenoxy) is 1. The Morgan fingerprint density at radius 1 is 0.977 bits per heavy atom. The van der Waals surface area contributed by atoms with Crippen LogP contribution in [-0.4, -0.2) is 27.1 Å². The van der Waals surface area contributed by atoms with E-state index in [9.17, 15) is 27.9 Å². The molecule has 0 saturated heterocycles. The highest BCUT2D eigenvalue weighted by Crippen LogP contribution is 2.40. The minimum Gasteiger partial charge on any atom is -0.478 e. The molecule has 0 fully saturated rings. The van der Waals surface area contributed by atoms with Crippen molar-refractivity contribution in [3.8, 4) is 11.3 Å². The van der Waals surface area contributed by atoms with Gasteiger partial charge in [0.1, 0.15) is 12.3 Å². The van der Waals surface area contributed by atoms with Crippen LogP contribution in [0.4, 0.5) is 33.2 Å². The number of benzene rings is 2. The van der Waals surface area contributed by atoms with Crippen LogP contribution in [0.15, 0.2) is 67.0 Å². The van der Waals surface area contributed by atoms with Gasteiger partial charge in [-0.05, 0) is 48.7 Å². The lowest BCUT2D eigenvalue weighted by Crippen LogP contribution is -2.27. The molecule has 44 heavy (non-hydrogen) atoms. The number of unbranched alkanes of at least 4 members (excludes halogenated alkanes) is 5. The van der Waals surface area contributed by atoms with Crippen LogP contribution in [0.5, 0.6) is 0 Å². The summed E-state index contributed by atoms with van der Waals surface area (Å²) in [6.45, 7) is 1.59. The summed E-state index contributed by atoms with van der Waals surface area (Å²) in [4.78, 5) is 34.1. The number of thiazole rings is 1. The summed E-state index contributed by atoms with van der Waals surface area (Å²) in [7, 11) is 0. The molecule has 2 aromatic heterocycles. The molecular formula is C32H31F4N3O4S. The van der Waals surface area contributed by atoms with E-state index in [1.807, 2.05) is 0 Å². The molecule has 0 spiro atoms. The smallest absolute Gasteiger partial charge is 0.421 e. The molecule has 4 rings (SSSR count). The Morgan fingerprint density at radius 3 is 2.43 bits per heavy atom. The number of carboxylic acids is 1. The predicted molar refractivity (Wildman–Crippen MR) is 160 cm³/mol. The fraction of sp³-hybridized carbons (Fsp3) is 0.312. The fourth-order valence-electron chi connectivity index (χ4n) is 4.70. The first-order valence-corrected chi connectivity index (χ1v) is 15.0. The van der Waals surface area contributed by atoms with Crippen molar-refractivity contribution in [2.45, 2.75) is 64.7 Å². The van der Waals surface area contributed by atoms with Gasteiger partial charge in [-0.25, -0.2) is 19.5 Å². The lowest BCUT2D eigenvalue weighted by molar-refractivity contribution is -0.138. The number of nitrogens with zero attached hydrogens (tertiary/aromatic N) is 3. The third-order valence-corrected chi connectivity index (χ3v) is 7.77. The number of halogens is 4. The number of aryl methyl sites for hydroxylation is 1. The van der Waals surface area contributed by atoms with Crippen molar-refractivity contribution in [2.24, 2.45) is 0 Å². The quantitative estimate of drug-likeness (QED) is 0.117. The van der Waals surface area contributed by atoms with Crippen molar-refractivity contribution in [2.75, 3.05) is 4.90 Å². The van der Waals surface area contributed by atoms with Crippen LogP contribution < -0.4 is 4.90 Å². The van der Waals surface area contributed by atoms with Gasteiger partial charge in [0, 0.05) is 23.5 Å². The van der Waals surface area contributed by atoms with Gasteiger partial charge in [-0.1, -0.05) is 74.6 Å². The summed E-state index contributed by atoms with van der Waals surface area (Å²) in [6.07, 6.45) is 2.66. The molecular weight excluding hydrogens is 598 g/mol. The van der Waals surface area contributed by atoms with E-state index in [2.05, 4.69) is 16.9 Å². The minimum absolute atomic E-state index is 0.0850. The van der Waals surface area contributed by atoms with E-state index < -0.39 is 35.5 Å². The molecule has 0 unspecified atom stereocenters. The first-order chi connectivity index (χ1) is 21.1. The van der Waals surface area contributed by atoms with E-state index in [1.165, 1.54) is 42.7 Å². The molecule has 4 aromatic rings. The summed E-state index contributed by atoms with van der Waals surface area (Å²) in [5.74, 6) is -1.24. The second kappa shape index (κ2) is 14.9. The highest BCUT2D eigenvalue weighted by molar-refractivity contribution is 7.14. The molecule has 7 nitrogen and oxygen atoms in total. The van der Waals surface area contributed by atoms with Crippen molar-refractivity contribution in [1.29, 1.82) is 0 Å².